The van der Waals surface area contributed by atoms with Gasteiger partial charge in [0, 0.05) is 14.1 Å². The number of carbonyl (C=O) groups is 2. The molecule has 0 aliphatic rings. The summed E-state index contributed by atoms with van der Waals surface area (Å²) >= 11 is 0. The average molecular weight is 253 g/mol. The van der Waals surface area contributed by atoms with Crippen LogP contribution in [0.3, 0.4) is 0 Å². The van der Waals surface area contributed by atoms with E-state index in [2.05, 4.69) is 5.32 Å². The van der Waals surface area contributed by atoms with Crippen molar-refractivity contribution in [1.29, 1.82) is 0 Å². The Labute approximate surface area is 107 Å². The first-order valence-electron chi connectivity index (χ1n) is 5.67. The van der Waals surface area contributed by atoms with E-state index in [0.717, 1.165) is 0 Å². The summed E-state index contributed by atoms with van der Waals surface area (Å²) in [4.78, 5) is 26.2. The second-order valence-corrected chi connectivity index (χ2v) is 4.32. The Balaban J connectivity index is 2.25. The molecule has 1 rings (SSSR count). The molecule has 0 unspecified atom stereocenters. The molecule has 18 heavy (non-hydrogen) atoms. The van der Waals surface area contributed by atoms with Crippen LogP contribution in [-0.4, -0.2) is 55.8 Å². The highest BCUT2D eigenvalue weighted by Gasteiger charge is 2.11. The van der Waals surface area contributed by atoms with Crippen LogP contribution in [0.15, 0.2) is 22.8 Å². The molecule has 0 saturated heterocycles. The molecule has 100 valence electrons. The molecule has 6 heteroatoms. The summed E-state index contributed by atoms with van der Waals surface area (Å²) in [6.07, 6.45) is 1.56. The van der Waals surface area contributed by atoms with Gasteiger partial charge in [0.25, 0.3) is 0 Å². The third kappa shape index (κ3) is 5.01. The van der Waals surface area contributed by atoms with Crippen LogP contribution in [0.25, 0.3) is 0 Å². The number of likely N-dealkylation sites (N-methyl/N-ethyl adjacent to an activating group) is 2. The number of hydrogen-bond acceptors (Lipinski definition) is 4. The van der Waals surface area contributed by atoms with Crippen LogP contribution in [0.2, 0.25) is 0 Å². The fraction of sp³-hybridized carbons (Fsp3) is 0.500. The van der Waals surface area contributed by atoms with E-state index in [1.807, 2.05) is 0 Å². The number of furan rings is 1. The van der Waals surface area contributed by atoms with E-state index in [4.69, 9.17) is 4.42 Å². The van der Waals surface area contributed by atoms with Gasteiger partial charge in [0.15, 0.2) is 0 Å². The first-order valence-corrected chi connectivity index (χ1v) is 5.67. The van der Waals surface area contributed by atoms with Gasteiger partial charge >= 0.3 is 0 Å². The quantitative estimate of drug-likeness (QED) is 0.770. The molecule has 1 heterocycles. The summed E-state index contributed by atoms with van der Waals surface area (Å²) in [6.45, 7) is 0.767. The van der Waals surface area contributed by atoms with Gasteiger partial charge in [0.1, 0.15) is 5.76 Å². The molecular formula is C12H19N3O3. The van der Waals surface area contributed by atoms with Crippen molar-refractivity contribution in [2.75, 3.05) is 34.2 Å². The molecule has 0 fully saturated rings. The Morgan fingerprint density at radius 3 is 2.56 bits per heavy atom. The van der Waals surface area contributed by atoms with Gasteiger partial charge in [-0.15, -0.1) is 0 Å². The van der Waals surface area contributed by atoms with Crippen molar-refractivity contribution in [2.24, 2.45) is 0 Å². The highest BCUT2D eigenvalue weighted by Crippen LogP contribution is 1.98. The number of hydrogen-bond donors (Lipinski definition) is 1. The number of carbonyl (C=O) groups excluding carboxylic acids is 2. The Bertz CT molecular complexity index is 387. The molecule has 1 N–H and O–H groups in total. The van der Waals surface area contributed by atoms with Crippen LogP contribution in [0.4, 0.5) is 0 Å². The van der Waals surface area contributed by atoms with Crippen LogP contribution >= 0.6 is 0 Å². The van der Waals surface area contributed by atoms with Gasteiger partial charge in [-0.2, -0.15) is 0 Å². The monoisotopic (exact) mass is 253 g/mol. The Morgan fingerprint density at radius 1 is 1.28 bits per heavy atom. The Morgan fingerprint density at radius 2 is 2.00 bits per heavy atom. The lowest BCUT2D eigenvalue weighted by Gasteiger charge is -2.18. The van der Waals surface area contributed by atoms with Crippen LogP contribution in [0.5, 0.6) is 0 Å². The van der Waals surface area contributed by atoms with Gasteiger partial charge < -0.3 is 14.6 Å². The van der Waals surface area contributed by atoms with E-state index < -0.39 is 0 Å². The van der Waals surface area contributed by atoms with Crippen molar-refractivity contribution in [3.05, 3.63) is 24.2 Å². The van der Waals surface area contributed by atoms with E-state index in [1.165, 1.54) is 4.90 Å². The van der Waals surface area contributed by atoms with Gasteiger partial charge in [-0.25, -0.2) is 0 Å². The fourth-order valence-corrected chi connectivity index (χ4v) is 1.33. The molecule has 0 spiro atoms. The molecule has 0 aliphatic heterocycles. The van der Waals surface area contributed by atoms with Crippen molar-refractivity contribution in [3.8, 4) is 0 Å². The molecule has 0 aromatic carbocycles. The van der Waals surface area contributed by atoms with E-state index in [0.29, 0.717) is 12.3 Å². The van der Waals surface area contributed by atoms with Crippen LogP contribution in [-0.2, 0) is 16.1 Å². The van der Waals surface area contributed by atoms with Gasteiger partial charge in [-0.3, -0.25) is 14.5 Å². The molecule has 2 amide bonds. The van der Waals surface area contributed by atoms with Crippen LogP contribution < -0.4 is 5.32 Å². The summed E-state index contributed by atoms with van der Waals surface area (Å²) in [6, 6.07) is 3.56. The van der Waals surface area contributed by atoms with Gasteiger partial charge in [0.2, 0.25) is 11.8 Å². The minimum absolute atomic E-state index is 0.0312. The molecule has 0 bridgehead atoms. The third-order valence-corrected chi connectivity index (χ3v) is 2.36. The number of rotatable bonds is 6. The average Bonchev–Trinajstić information content (AvgIpc) is 2.78. The lowest BCUT2D eigenvalue weighted by molar-refractivity contribution is -0.130. The molecule has 0 aliphatic carbocycles. The second-order valence-electron chi connectivity index (χ2n) is 4.32. The summed E-state index contributed by atoms with van der Waals surface area (Å²) in [5.74, 6) is 0.534. The van der Waals surface area contributed by atoms with E-state index >= 15 is 0 Å². The topological polar surface area (TPSA) is 65.8 Å². The molecule has 0 atom stereocenters. The van der Waals surface area contributed by atoms with Crippen molar-refractivity contribution in [3.63, 3.8) is 0 Å². The normalized spacial score (nSPS) is 10.4. The Hall–Kier alpha value is -1.82. The minimum atomic E-state index is -0.138. The first-order chi connectivity index (χ1) is 8.49. The zero-order chi connectivity index (χ0) is 13.5. The van der Waals surface area contributed by atoms with Crippen molar-refractivity contribution in [1.82, 2.24) is 15.1 Å². The molecule has 0 saturated carbocycles. The number of nitrogens with zero attached hydrogens (tertiary/aromatic N) is 2. The standard InChI is InChI=1S/C12H19N3O3/c1-14(2)12(17)9-15(3)8-11(16)13-7-10-5-4-6-18-10/h4-6H,7-9H2,1-3H3,(H,13,16). The van der Waals surface area contributed by atoms with Crippen molar-refractivity contribution < 1.29 is 14.0 Å². The Kier molecular flexibility index (Phi) is 5.38. The summed E-state index contributed by atoms with van der Waals surface area (Å²) in [7, 11) is 5.11. The highest BCUT2D eigenvalue weighted by atomic mass is 16.3. The molecule has 1 aromatic heterocycles. The summed E-state index contributed by atoms with van der Waals surface area (Å²) in [5, 5.41) is 2.72. The maximum absolute atomic E-state index is 11.6. The predicted octanol–water partition coefficient (Wildman–Crippen LogP) is -0.0842. The lowest BCUT2D eigenvalue weighted by Crippen LogP contribution is -2.40. The SMILES string of the molecule is CN(CC(=O)NCc1ccco1)CC(=O)N(C)C. The predicted molar refractivity (Wildman–Crippen MR) is 66.7 cm³/mol. The van der Waals surface area contributed by atoms with Gasteiger partial charge in [-0.1, -0.05) is 0 Å². The second kappa shape index (κ2) is 6.80. The van der Waals surface area contributed by atoms with Crippen molar-refractivity contribution in [2.45, 2.75) is 6.54 Å². The van der Waals surface area contributed by atoms with Crippen LogP contribution in [0.1, 0.15) is 5.76 Å². The largest absolute Gasteiger partial charge is 0.467 e. The zero-order valence-corrected chi connectivity index (χ0v) is 11.0. The fourth-order valence-electron chi connectivity index (χ4n) is 1.33. The highest BCUT2D eigenvalue weighted by molar-refractivity contribution is 5.80. The van der Waals surface area contributed by atoms with E-state index in [1.54, 1.807) is 44.4 Å². The molecule has 1 aromatic rings. The maximum Gasteiger partial charge on any atom is 0.236 e. The third-order valence-electron chi connectivity index (χ3n) is 2.36. The molecule has 0 radical (unpaired) electrons. The number of amides is 2. The van der Waals surface area contributed by atoms with Crippen molar-refractivity contribution >= 4 is 11.8 Å². The lowest BCUT2D eigenvalue weighted by atomic mass is 10.4. The minimum Gasteiger partial charge on any atom is -0.467 e. The molecule has 6 nitrogen and oxygen atoms in total. The van der Waals surface area contributed by atoms with E-state index in [9.17, 15) is 9.59 Å². The summed E-state index contributed by atoms with van der Waals surface area (Å²) in [5.41, 5.74) is 0. The maximum atomic E-state index is 11.6. The number of nitrogens with one attached hydrogen (secondary N) is 1. The molecular weight excluding hydrogens is 234 g/mol. The van der Waals surface area contributed by atoms with Gasteiger partial charge in [0.05, 0.1) is 25.9 Å². The first kappa shape index (κ1) is 14.2. The smallest absolute Gasteiger partial charge is 0.236 e. The van der Waals surface area contributed by atoms with Crippen LogP contribution in [0, 0.1) is 0 Å². The van der Waals surface area contributed by atoms with Gasteiger partial charge in [-0.05, 0) is 19.2 Å². The zero-order valence-electron chi connectivity index (χ0n) is 11.0. The summed E-state index contributed by atoms with van der Waals surface area (Å²) < 4.78 is 5.10. The van der Waals surface area contributed by atoms with E-state index in [-0.39, 0.29) is 24.9 Å².